The third-order valence-corrected chi connectivity index (χ3v) is 5.95. The second-order valence-corrected chi connectivity index (χ2v) is 8.83. The Morgan fingerprint density at radius 1 is 1.27 bits per heavy atom. The largest absolute Gasteiger partial charge is 0.351 e. The van der Waals surface area contributed by atoms with Crippen molar-refractivity contribution in [3.8, 4) is 0 Å². The molecule has 0 aliphatic carbocycles. The summed E-state index contributed by atoms with van der Waals surface area (Å²) in [6.45, 7) is 10.8. The molecule has 0 spiro atoms. The van der Waals surface area contributed by atoms with E-state index in [1.165, 1.54) is 0 Å². The predicted octanol–water partition coefficient (Wildman–Crippen LogP) is 3.93. The molecule has 7 nitrogen and oxygen atoms in total. The van der Waals surface area contributed by atoms with Gasteiger partial charge in [0.15, 0.2) is 5.69 Å². The molecule has 1 amide bonds. The van der Waals surface area contributed by atoms with E-state index in [4.69, 9.17) is 0 Å². The van der Waals surface area contributed by atoms with Gasteiger partial charge < -0.3 is 16.0 Å². The summed E-state index contributed by atoms with van der Waals surface area (Å²) in [5.74, 6) is 0.788. The van der Waals surface area contributed by atoms with Crippen molar-refractivity contribution in [3.05, 3.63) is 46.7 Å². The number of hydrogen-bond donors (Lipinski definition) is 3. The smallest absolute Gasteiger partial charge is 0.271 e. The first kappa shape index (κ1) is 22.1. The molecule has 0 aliphatic heterocycles. The standard InChI is InChI=1S/C22H30N6OS/c1-5-23-12-14(2)8-10-25-21(29)19-20-18(11-15(3)30-20)27-22(28-19)26-16(4)17-7-6-9-24-13-17/h6-7,9,11,13-14,16,23H,5,8,10,12H2,1-4H3,(H,25,29)(H,26,27,28)/t14?,16-/m0/s1. The number of anilines is 1. The minimum absolute atomic E-state index is 0.0290. The Balaban J connectivity index is 1.75. The van der Waals surface area contributed by atoms with Crippen LogP contribution in [0.5, 0.6) is 0 Å². The quantitative estimate of drug-likeness (QED) is 0.455. The number of rotatable bonds is 10. The number of aryl methyl sites for hydroxylation is 1. The molecule has 3 aromatic rings. The summed E-state index contributed by atoms with van der Waals surface area (Å²) in [6, 6.07) is 5.87. The number of amides is 1. The second kappa shape index (κ2) is 10.4. The van der Waals surface area contributed by atoms with Gasteiger partial charge in [-0.3, -0.25) is 9.78 Å². The maximum absolute atomic E-state index is 12.9. The minimum atomic E-state index is -0.156. The molecule has 160 valence electrons. The molecule has 3 rings (SSSR count). The second-order valence-electron chi connectivity index (χ2n) is 7.58. The summed E-state index contributed by atoms with van der Waals surface area (Å²) in [5.41, 5.74) is 2.25. The van der Waals surface area contributed by atoms with Gasteiger partial charge in [0.25, 0.3) is 5.91 Å². The highest BCUT2D eigenvalue weighted by Gasteiger charge is 2.18. The van der Waals surface area contributed by atoms with Crippen molar-refractivity contribution in [2.75, 3.05) is 25.0 Å². The van der Waals surface area contributed by atoms with Crippen LogP contribution < -0.4 is 16.0 Å². The number of aromatic nitrogens is 3. The lowest BCUT2D eigenvalue weighted by Crippen LogP contribution is -2.29. The van der Waals surface area contributed by atoms with Crippen LogP contribution in [0.4, 0.5) is 5.95 Å². The van der Waals surface area contributed by atoms with E-state index in [0.29, 0.717) is 24.1 Å². The minimum Gasteiger partial charge on any atom is -0.351 e. The lowest BCUT2D eigenvalue weighted by atomic mass is 10.1. The average Bonchev–Trinajstić information content (AvgIpc) is 3.12. The van der Waals surface area contributed by atoms with Gasteiger partial charge in [0.2, 0.25) is 5.95 Å². The third kappa shape index (κ3) is 5.73. The number of thiophene rings is 1. The van der Waals surface area contributed by atoms with E-state index in [-0.39, 0.29) is 11.9 Å². The SMILES string of the molecule is CCNCC(C)CCNC(=O)c1nc(N[C@@H](C)c2cccnc2)nc2cc(C)sc12. The Hall–Kier alpha value is -2.58. The lowest BCUT2D eigenvalue weighted by molar-refractivity contribution is 0.0948. The van der Waals surface area contributed by atoms with Crippen LogP contribution >= 0.6 is 11.3 Å². The van der Waals surface area contributed by atoms with Gasteiger partial charge in [0.05, 0.1) is 16.3 Å². The highest BCUT2D eigenvalue weighted by atomic mass is 32.1. The molecule has 0 saturated heterocycles. The number of carbonyl (C=O) groups excluding carboxylic acids is 1. The Morgan fingerprint density at radius 3 is 2.83 bits per heavy atom. The van der Waals surface area contributed by atoms with Crippen molar-refractivity contribution in [3.63, 3.8) is 0 Å². The summed E-state index contributed by atoms with van der Waals surface area (Å²) in [7, 11) is 0. The molecule has 0 saturated carbocycles. The first-order valence-corrected chi connectivity index (χ1v) is 11.2. The van der Waals surface area contributed by atoms with Gasteiger partial charge in [-0.2, -0.15) is 0 Å². The number of nitrogens with one attached hydrogen (secondary N) is 3. The van der Waals surface area contributed by atoms with E-state index in [2.05, 4.69) is 44.7 Å². The molecule has 3 aromatic heterocycles. The maximum Gasteiger partial charge on any atom is 0.271 e. The van der Waals surface area contributed by atoms with Crippen LogP contribution in [0.1, 0.15) is 54.2 Å². The highest BCUT2D eigenvalue weighted by molar-refractivity contribution is 7.19. The van der Waals surface area contributed by atoms with E-state index in [1.807, 2.05) is 38.2 Å². The molecule has 0 fully saturated rings. The molecule has 1 unspecified atom stereocenters. The zero-order valence-corrected chi connectivity index (χ0v) is 18.8. The highest BCUT2D eigenvalue weighted by Crippen LogP contribution is 2.28. The summed E-state index contributed by atoms with van der Waals surface area (Å²) in [6.07, 6.45) is 4.47. The Bertz CT molecular complexity index is 974. The molecule has 8 heteroatoms. The molecule has 2 atom stereocenters. The van der Waals surface area contributed by atoms with Crippen molar-refractivity contribution >= 4 is 33.4 Å². The summed E-state index contributed by atoms with van der Waals surface area (Å²) >= 11 is 1.55. The maximum atomic E-state index is 12.9. The van der Waals surface area contributed by atoms with E-state index >= 15 is 0 Å². The summed E-state index contributed by atoms with van der Waals surface area (Å²) in [5, 5.41) is 9.68. The van der Waals surface area contributed by atoms with Crippen molar-refractivity contribution < 1.29 is 4.79 Å². The van der Waals surface area contributed by atoms with Crippen molar-refractivity contribution in [1.29, 1.82) is 0 Å². The van der Waals surface area contributed by atoms with E-state index < -0.39 is 0 Å². The van der Waals surface area contributed by atoms with E-state index in [9.17, 15) is 4.79 Å². The molecule has 30 heavy (non-hydrogen) atoms. The molecule has 3 heterocycles. The van der Waals surface area contributed by atoms with Gasteiger partial charge in [-0.15, -0.1) is 11.3 Å². The Labute approximate surface area is 181 Å². The van der Waals surface area contributed by atoms with E-state index in [0.717, 1.165) is 40.2 Å². The normalized spacial score (nSPS) is 13.2. The Morgan fingerprint density at radius 2 is 2.10 bits per heavy atom. The van der Waals surface area contributed by atoms with Crippen LogP contribution in [-0.4, -0.2) is 40.5 Å². The number of fused-ring (bicyclic) bond motifs is 1. The molecule has 0 bridgehead atoms. The van der Waals surface area contributed by atoms with Gasteiger partial charge in [-0.05, 0) is 57.0 Å². The van der Waals surface area contributed by atoms with Crippen LogP contribution in [0.2, 0.25) is 0 Å². The van der Waals surface area contributed by atoms with Gasteiger partial charge in [-0.1, -0.05) is 19.9 Å². The first-order chi connectivity index (χ1) is 14.5. The van der Waals surface area contributed by atoms with Crippen LogP contribution in [0.3, 0.4) is 0 Å². The van der Waals surface area contributed by atoms with Gasteiger partial charge in [0.1, 0.15) is 0 Å². The molecule has 3 N–H and O–H groups in total. The van der Waals surface area contributed by atoms with Gasteiger partial charge in [0, 0.05) is 23.8 Å². The average molecular weight is 427 g/mol. The van der Waals surface area contributed by atoms with Crippen LogP contribution in [0, 0.1) is 12.8 Å². The molecule has 0 aromatic carbocycles. The molecule has 0 aliphatic rings. The zero-order valence-electron chi connectivity index (χ0n) is 18.0. The van der Waals surface area contributed by atoms with Gasteiger partial charge in [-0.25, -0.2) is 9.97 Å². The molecule has 0 radical (unpaired) electrons. The lowest BCUT2D eigenvalue weighted by Gasteiger charge is -2.15. The molecular formula is C22H30N6OS. The van der Waals surface area contributed by atoms with Crippen molar-refractivity contribution in [1.82, 2.24) is 25.6 Å². The van der Waals surface area contributed by atoms with Crippen LogP contribution in [0.25, 0.3) is 10.2 Å². The number of nitrogens with zero attached hydrogens (tertiary/aromatic N) is 3. The monoisotopic (exact) mass is 426 g/mol. The van der Waals surface area contributed by atoms with Crippen molar-refractivity contribution in [2.24, 2.45) is 5.92 Å². The zero-order chi connectivity index (χ0) is 21.5. The van der Waals surface area contributed by atoms with Crippen LogP contribution in [-0.2, 0) is 0 Å². The van der Waals surface area contributed by atoms with Crippen molar-refractivity contribution in [2.45, 2.75) is 40.2 Å². The van der Waals surface area contributed by atoms with E-state index in [1.54, 1.807) is 17.5 Å². The predicted molar refractivity (Wildman–Crippen MR) is 123 cm³/mol. The van der Waals surface area contributed by atoms with Gasteiger partial charge >= 0.3 is 0 Å². The fourth-order valence-corrected chi connectivity index (χ4v) is 4.12. The summed E-state index contributed by atoms with van der Waals surface area (Å²) < 4.78 is 0.824. The third-order valence-electron chi connectivity index (χ3n) is 4.91. The first-order valence-electron chi connectivity index (χ1n) is 10.4. The summed E-state index contributed by atoms with van der Waals surface area (Å²) in [4.78, 5) is 27.4. The number of carbonyl (C=O) groups is 1. The fraction of sp³-hybridized carbons (Fsp3) is 0.455. The number of hydrogen-bond acceptors (Lipinski definition) is 7. The molecular weight excluding hydrogens is 396 g/mol. The van der Waals surface area contributed by atoms with Crippen LogP contribution in [0.15, 0.2) is 30.6 Å². The Kier molecular flexibility index (Phi) is 7.70. The topological polar surface area (TPSA) is 91.8 Å². The fourth-order valence-electron chi connectivity index (χ4n) is 3.19. The number of pyridine rings is 1.